The van der Waals surface area contributed by atoms with Crippen LogP contribution < -0.4 is 21.7 Å². The molecule has 47 heavy (non-hydrogen) atoms. The number of fused-ring (bicyclic) bond motifs is 1. The number of carbonyl (C=O) groups excluding carboxylic acids is 5. The van der Waals surface area contributed by atoms with E-state index in [2.05, 4.69) is 16.0 Å². The Labute approximate surface area is 279 Å². The van der Waals surface area contributed by atoms with E-state index in [4.69, 9.17) is 5.73 Å². The average molecular weight is 678 g/mol. The van der Waals surface area contributed by atoms with Crippen molar-refractivity contribution in [3.63, 3.8) is 0 Å². The maximum absolute atomic E-state index is 14.5. The number of piperidine rings is 1. The van der Waals surface area contributed by atoms with E-state index in [9.17, 15) is 32.4 Å². The van der Waals surface area contributed by atoms with E-state index in [1.165, 1.54) is 0 Å². The molecule has 5 amide bonds. The van der Waals surface area contributed by atoms with Gasteiger partial charge in [0.1, 0.15) is 12.1 Å². The van der Waals surface area contributed by atoms with Gasteiger partial charge in [0, 0.05) is 6.54 Å². The van der Waals surface area contributed by atoms with Crippen molar-refractivity contribution in [3.05, 3.63) is 0 Å². The normalized spacial score (nSPS) is 28.8. The Morgan fingerprint density at radius 1 is 0.915 bits per heavy atom. The molecule has 6 atom stereocenters. The highest BCUT2D eigenvalue weighted by atomic mass is 32.2. The molecule has 1 heterocycles. The van der Waals surface area contributed by atoms with Crippen molar-refractivity contribution in [2.45, 2.75) is 140 Å². The Morgan fingerprint density at radius 3 is 2.11 bits per heavy atom. The topological polar surface area (TPSA) is 185 Å². The van der Waals surface area contributed by atoms with Crippen LogP contribution in [0.5, 0.6) is 0 Å². The zero-order valence-electron chi connectivity index (χ0n) is 28.5. The smallest absolute Gasteiger partial charge is 0.315 e. The van der Waals surface area contributed by atoms with Crippen LogP contribution in [0.2, 0.25) is 0 Å². The summed E-state index contributed by atoms with van der Waals surface area (Å²) < 4.78 is 25.7. The van der Waals surface area contributed by atoms with Crippen LogP contribution in [-0.2, 0) is 29.0 Å². The number of carbonyl (C=O) groups is 5. The number of Topliss-reactive ketones (excluding diaryl/α,β-unsaturated/α-hetero) is 1. The number of ketones is 1. The second kappa shape index (κ2) is 13.7. The summed E-state index contributed by atoms with van der Waals surface area (Å²) in [7, 11) is -3.54. The van der Waals surface area contributed by atoms with Crippen molar-refractivity contribution in [1.29, 1.82) is 0 Å². The zero-order chi connectivity index (χ0) is 34.3. The first-order chi connectivity index (χ1) is 22.0. The lowest BCUT2D eigenvalue weighted by atomic mass is 9.82. The molecule has 5 N–H and O–H groups in total. The molecule has 4 saturated carbocycles. The minimum atomic E-state index is -3.54. The highest BCUT2D eigenvalue weighted by Crippen LogP contribution is 2.55. The molecule has 0 aromatic heterocycles. The molecular weight excluding hydrogens is 622 g/mol. The molecule has 13 heteroatoms. The van der Waals surface area contributed by atoms with E-state index in [-0.39, 0.29) is 41.2 Å². The Kier molecular flexibility index (Phi) is 10.4. The third kappa shape index (κ3) is 7.96. The maximum atomic E-state index is 14.5. The van der Waals surface area contributed by atoms with Crippen LogP contribution in [0.15, 0.2) is 0 Å². The van der Waals surface area contributed by atoms with Gasteiger partial charge in [-0.3, -0.25) is 19.2 Å². The van der Waals surface area contributed by atoms with E-state index >= 15 is 0 Å². The number of nitrogens with zero attached hydrogens (tertiary/aromatic N) is 1. The number of urea groups is 1. The summed E-state index contributed by atoms with van der Waals surface area (Å²) in [6.45, 7) is 7.43. The van der Waals surface area contributed by atoms with E-state index in [1.54, 1.807) is 25.7 Å². The van der Waals surface area contributed by atoms with Crippen molar-refractivity contribution in [2.75, 3.05) is 12.3 Å². The summed E-state index contributed by atoms with van der Waals surface area (Å²) >= 11 is 0. The predicted molar refractivity (Wildman–Crippen MR) is 177 cm³/mol. The van der Waals surface area contributed by atoms with Gasteiger partial charge in [-0.05, 0) is 82.5 Å². The Morgan fingerprint density at radius 2 is 1.53 bits per heavy atom. The van der Waals surface area contributed by atoms with Crippen LogP contribution in [0, 0.1) is 29.6 Å². The fourth-order valence-corrected chi connectivity index (χ4v) is 9.91. The van der Waals surface area contributed by atoms with Gasteiger partial charge in [-0.15, -0.1) is 0 Å². The summed E-state index contributed by atoms with van der Waals surface area (Å²) in [6, 6.07) is -3.28. The SMILES string of the molecule is CC1[C@H]2[C@@H]1CN(C(=O)[C@@H](NC(=O)NC1(CS(=O)(=O)C(C)(C)C)CCCCC1)C1CCCCC1)[C@@H]2C(=O)NC(CC1CC1)C(=O)C(N)=O. The number of likely N-dealkylation sites (tertiary alicyclic amines) is 1. The molecule has 5 aliphatic rings. The number of nitrogens with one attached hydrogen (secondary N) is 3. The first-order valence-electron chi connectivity index (χ1n) is 17.8. The van der Waals surface area contributed by atoms with Crippen LogP contribution in [0.1, 0.15) is 111 Å². The number of rotatable bonds is 12. The van der Waals surface area contributed by atoms with Crippen molar-refractivity contribution in [1.82, 2.24) is 20.9 Å². The highest BCUT2D eigenvalue weighted by molar-refractivity contribution is 7.92. The number of hydrogen-bond donors (Lipinski definition) is 4. The van der Waals surface area contributed by atoms with Crippen molar-refractivity contribution in [3.8, 4) is 0 Å². The maximum Gasteiger partial charge on any atom is 0.315 e. The standard InChI is InChI=1S/C34H55N5O7S/c1-20-23-18-39(27(25(20)23)30(42)36-24(17-21-13-14-21)28(40)29(35)41)31(43)26(22-11-7-5-8-12-22)37-32(44)38-34(15-9-6-10-16-34)19-47(45,46)33(2,3)4/h20-27H,5-19H2,1-4H3,(H2,35,41)(H,36,42)(H2,37,38,44)/t20?,23-,24?,25+,26+,27+/m1/s1. The molecule has 0 aromatic rings. The van der Waals surface area contributed by atoms with Gasteiger partial charge >= 0.3 is 6.03 Å². The third-order valence-corrected chi connectivity index (χ3v) is 14.5. The Bertz CT molecular complexity index is 1340. The van der Waals surface area contributed by atoms with E-state index in [1.807, 2.05) is 6.92 Å². The number of primary amides is 1. The van der Waals surface area contributed by atoms with Crippen molar-refractivity contribution >= 4 is 39.4 Å². The molecule has 0 bridgehead atoms. The van der Waals surface area contributed by atoms with Crippen molar-refractivity contribution in [2.24, 2.45) is 35.3 Å². The number of sulfone groups is 1. The van der Waals surface area contributed by atoms with E-state index < -0.39 is 61.9 Å². The Hall–Kier alpha value is -2.70. The van der Waals surface area contributed by atoms with E-state index in [0.717, 1.165) is 64.2 Å². The molecule has 0 aromatic carbocycles. The lowest BCUT2D eigenvalue weighted by molar-refractivity contribution is -0.144. The van der Waals surface area contributed by atoms with Gasteiger partial charge in [-0.2, -0.15) is 0 Å². The number of hydrogen-bond acceptors (Lipinski definition) is 7. The van der Waals surface area contributed by atoms with Gasteiger partial charge in [0.05, 0.1) is 22.1 Å². The molecule has 264 valence electrons. The summed E-state index contributed by atoms with van der Waals surface area (Å²) in [4.78, 5) is 68.1. The second-order valence-corrected chi connectivity index (χ2v) is 18.9. The molecule has 2 unspecified atom stereocenters. The third-order valence-electron chi connectivity index (χ3n) is 11.7. The monoisotopic (exact) mass is 677 g/mol. The van der Waals surface area contributed by atoms with Gasteiger partial charge in [0.25, 0.3) is 5.91 Å². The van der Waals surface area contributed by atoms with Crippen LogP contribution in [0.25, 0.3) is 0 Å². The molecule has 0 spiro atoms. The zero-order valence-corrected chi connectivity index (χ0v) is 29.3. The summed E-state index contributed by atoms with van der Waals surface area (Å²) in [5.41, 5.74) is 4.39. The molecule has 1 aliphatic heterocycles. The van der Waals surface area contributed by atoms with Crippen LogP contribution >= 0.6 is 0 Å². The largest absolute Gasteiger partial charge is 0.363 e. The molecule has 5 rings (SSSR count). The lowest BCUT2D eigenvalue weighted by Crippen LogP contribution is -2.63. The fraction of sp³-hybridized carbons (Fsp3) is 0.853. The average Bonchev–Trinajstić information content (AvgIpc) is 3.89. The summed E-state index contributed by atoms with van der Waals surface area (Å²) in [5, 5.41) is 8.82. The first kappa shape index (κ1) is 35.6. The molecule has 4 aliphatic carbocycles. The van der Waals surface area contributed by atoms with Gasteiger partial charge in [-0.25, -0.2) is 13.2 Å². The minimum Gasteiger partial charge on any atom is -0.363 e. The van der Waals surface area contributed by atoms with Gasteiger partial charge in [-0.1, -0.05) is 58.3 Å². The van der Waals surface area contributed by atoms with Crippen LogP contribution in [-0.4, -0.2) is 83.6 Å². The molecule has 1 saturated heterocycles. The van der Waals surface area contributed by atoms with E-state index in [0.29, 0.717) is 25.8 Å². The van der Waals surface area contributed by atoms with Gasteiger partial charge in [0.15, 0.2) is 9.84 Å². The number of amides is 5. The molecule has 0 radical (unpaired) electrons. The molecule has 5 fully saturated rings. The minimum absolute atomic E-state index is 0.0712. The first-order valence-corrected chi connectivity index (χ1v) is 19.4. The summed E-state index contributed by atoms with van der Waals surface area (Å²) in [5.74, 6) is -2.46. The van der Waals surface area contributed by atoms with Crippen molar-refractivity contribution < 1.29 is 32.4 Å². The number of nitrogens with two attached hydrogens (primary N) is 1. The van der Waals surface area contributed by atoms with Gasteiger partial charge < -0.3 is 26.6 Å². The van der Waals surface area contributed by atoms with Crippen LogP contribution in [0.4, 0.5) is 4.79 Å². The van der Waals surface area contributed by atoms with Gasteiger partial charge in [0.2, 0.25) is 17.6 Å². The molecule has 12 nitrogen and oxygen atoms in total. The second-order valence-electron chi connectivity index (χ2n) is 16.2. The summed E-state index contributed by atoms with van der Waals surface area (Å²) in [6.07, 6.45) is 10.3. The molecular formula is C34H55N5O7S. The highest BCUT2D eigenvalue weighted by Gasteiger charge is 2.63. The predicted octanol–water partition coefficient (Wildman–Crippen LogP) is 2.58. The quantitative estimate of drug-likeness (QED) is 0.229. The van der Waals surface area contributed by atoms with Crippen LogP contribution in [0.3, 0.4) is 0 Å². The Balaban J connectivity index is 1.35. The lowest BCUT2D eigenvalue weighted by Gasteiger charge is -2.41. The fourth-order valence-electron chi connectivity index (χ4n) is 8.39.